The standard InChI is InChI=1S/C6H8ClN3O4S2/c7-5-3-9-4-10-6(5)15(11,12)1-2-16(8,13)14/h3-4H,1-2H2,(H2,8,13,14). The molecular formula is C6H8ClN3O4S2. The van der Waals surface area contributed by atoms with Crippen molar-refractivity contribution in [3.63, 3.8) is 0 Å². The summed E-state index contributed by atoms with van der Waals surface area (Å²) >= 11 is 5.57. The Labute approximate surface area is 97.6 Å². The van der Waals surface area contributed by atoms with Gasteiger partial charge in [0, 0.05) is 0 Å². The number of nitrogens with two attached hydrogens (primary N) is 1. The second-order valence-corrected chi connectivity index (χ2v) is 7.03. The fraction of sp³-hybridized carbons (Fsp3) is 0.333. The molecule has 1 aromatic rings. The molecule has 7 nitrogen and oxygen atoms in total. The van der Waals surface area contributed by atoms with Gasteiger partial charge < -0.3 is 0 Å². The van der Waals surface area contributed by atoms with Crippen molar-refractivity contribution in [1.29, 1.82) is 0 Å². The highest BCUT2D eigenvalue weighted by atomic mass is 35.5. The van der Waals surface area contributed by atoms with Crippen LogP contribution >= 0.6 is 11.6 Å². The molecule has 0 unspecified atom stereocenters. The Morgan fingerprint density at radius 3 is 2.38 bits per heavy atom. The van der Waals surface area contributed by atoms with Gasteiger partial charge in [-0.25, -0.2) is 31.9 Å². The van der Waals surface area contributed by atoms with Gasteiger partial charge >= 0.3 is 0 Å². The second kappa shape index (κ2) is 4.62. The molecule has 0 aliphatic heterocycles. The lowest BCUT2D eigenvalue weighted by Gasteiger charge is -2.03. The van der Waals surface area contributed by atoms with Gasteiger partial charge in [0.2, 0.25) is 10.0 Å². The van der Waals surface area contributed by atoms with Crippen LogP contribution in [-0.4, -0.2) is 38.3 Å². The van der Waals surface area contributed by atoms with E-state index in [1.807, 2.05) is 0 Å². The van der Waals surface area contributed by atoms with Crippen LogP contribution in [0.2, 0.25) is 5.02 Å². The van der Waals surface area contributed by atoms with Gasteiger partial charge in [0.1, 0.15) is 6.33 Å². The summed E-state index contributed by atoms with van der Waals surface area (Å²) in [5.74, 6) is -1.35. The van der Waals surface area contributed by atoms with E-state index in [0.29, 0.717) is 0 Å². The summed E-state index contributed by atoms with van der Waals surface area (Å²) in [6.07, 6.45) is 2.12. The van der Waals surface area contributed by atoms with Crippen LogP contribution in [0, 0.1) is 0 Å². The van der Waals surface area contributed by atoms with E-state index in [1.165, 1.54) is 0 Å². The number of hydrogen-bond donors (Lipinski definition) is 1. The third kappa shape index (κ3) is 3.67. The predicted molar refractivity (Wildman–Crippen MR) is 57.1 cm³/mol. The molecule has 90 valence electrons. The molecule has 0 aliphatic carbocycles. The van der Waals surface area contributed by atoms with Gasteiger partial charge in [0.25, 0.3) is 0 Å². The molecular weight excluding hydrogens is 278 g/mol. The monoisotopic (exact) mass is 285 g/mol. The summed E-state index contributed by atoms with van der Waals surface area (Å²) in [6, 6.07) is 0. The van der Waals surface area contributed by atoms with Crippen molar-refractivity contribution in [2.45, 2.75) is 5.03 Å². The maximum absolute atomic E-state index is 11.6. The molecule has 0 spiro atoms. The van der Waals surface area contributed by atoms with Crippen LogP contribution < -0.4 is 5.14 Å². The maximum Gasteiger partial charge on any atom is 0.210 e. The molecule has 0 aromatic carbocycles. The van der Waals surface area contributed by atoms with Crippen LogP contribution in [0.1, 0.15) is 0 Å². The first-order valence-corrected chi connectivity index (χ1v) is 7.66. The summed E-state index contributed by atoms with van der Waals surface area (Å²) < 4.78 is 44.5. The van der Waals surface area contributed by atoms with Gasteiger partial charge in [-0.1, -0.05) is 11.6 Å². The van der Waals surface area contributed by atoms with E-state index in [0.717, 1.165) is 12.5 Å². The molecule has 0 amide bonds. The van der Waals surface area contributed by atoms with Crippen molar-refractivity contribution < 1.29 is 16.8 Å². The van der Waals surface area contributed by atoms with Crippen LogP contribution in [0.15, 0.2) is 17.6 Å². The van der Waals surface area contributed by atoms with Gasteiger partial charge in [-0.2, -0.15) is 0 Å². The number of sulfonamides is 1. The molecule has 0 bridgehead atoms. The van der Waals surface area contributed by atoms with E-state index in [9.17, 15) is 16.8 Å². The fourth-order valence-electron chi connectivity index (χ4n) is 0.853. The van der Waals surface area contributed by atoms with Crippen molar-refractivity contribution in [2.75, 3.05) is 11.5 Å². The van der Waals surface area contributed by atoms with Gasteiger partial charge in [-0.3, -0.25) is 0 Å². The number of halogens is 1. The highest BCUT2D eigenvalue weighted by molar-refractivity contribution is 7.94. The predicted octanol–water partition coefficient (Wildman–Crippen LogP) is -0.808. The van der Waals surface area contributed by atoms with Crippen molar-refractivity contribution in [1.82, 2.24) is 9.97 Å². The lowest BCUT2D eigenvalue weighted by Crippen LogP contribution is -2.23. The molecule has 0 atom stereocenters. The minimum Gasteiger partial charge on any atom is -0.243 e. The fourth-order valence-corrected chi connectivity index (χ4v) is 3.87. The molecule has 0 saturated heterocycles. The number of sulfone groups is 1. The summed E-state index contributed by atoms with van der Waals surface area (Å²) in [6.45, 7) is 0. The molecule has 1 heterocycles. The Morgan fingerprint density at radius 2 is 1.88 bits per heavy atom. The second-order valence-electron chi connectivity index (χ2n) is 2.86. The number of nitrogens with zero attached hydrogens (tertiary/aromatic N) is 2. The third-order valence-corrected chi connectivity index (χ3v) is 4.64. The molecule has 0 fully saturated rings. The smallest absolute Gasteiger partial charge is 0.210 e. The topological polar surface area (TPSA) is 120 Å². The highest BCUT2D eigenvalue weighted by Gasteiger charge is 2.21. The number of aromatic nitrogens is 2. The van der Waals surface area contributed by atoms with Crippen LogP contribution in [-0.2, 0) is 19.9 Å². The lowest BCUT2D eigenvalue weighted by atomic mass is 10.7. The largest absolute Gasteiger partial charge is 0.243 e. The maximum atomic E-state index is 11.6. The minimum absolute atomic E-state index is 0.156. The van der Waals surface area contributed by atoms with Crippen LogP contribution in [0.5, 0.6) is 0 Å². The zero-order chi connectivity index (χ0) is 12.4. The van der Waals surface area contributed by atoms with Crippen LogP contribution in [0.4, 0.5) is 0 Å². The summed E-state index contributed by atoms with van der Waals surface area (Å²) in [5.41, 5.74) is 0. The van der Waals surface area contributed by atoms with Crippen molar-refractivity contribution >= 4 is 31.5 Å². The zero-order valence-corrected chi connectivity index (χ0v) is 10.3. The van der Waals surface area contributed by atoms with Gasteiger partial charge in [-0.15, -0.1) is 0 Å². The Balaban J connectivity index is 3.01. The van der Waals surface area contributed by atoms with E-state index in [1.54, 1.807) is 0 Å². The van der Waals surface area contributed by atoms with Crippen LogP contribution in [0.3, 0.4) is 0 Å². The number of primary sulfonamides is 1. The Hall–Kier alpha value is -0.770. The van der Waals surface area contributed by atoms with E-state index in [4.69, 9.17) is 16.7 Å². The molecule has 1 rings (SSSR count). The van der Waals surface area contributed by atoms with Gasteiger partial charge in [0.15, 0.2) is 14.9 Å². The zero-order valence-electron chi connectivity index (χ0n) is 7.87. The summed E-state index contributed by atoms with van der Waals surface area (Å²) in [7, 11) is -7.71. The SMILES string of the molecule is NS(=O)(=O)CCS(=O)(=O)c1ncncc1Cl. The molecule has 0 saturated carbocycles. The first-order chi connectivity index (χ1) is 7.22. The van der Waals surface area contributed by atoms with E-state index < -0.39 is 36.4 Å². The number of hydrogen-bond acceptors (Lipinski definition) is 6. The molecule has 0 radical (unpaired) electrons. The Kier molecular flexibility index (Phi) is 3.84. The normalized spacial score (nSPS) is 12.6. The van der Waals surface area contributed by atoms with Crippen LogP contribution in [0.25, 0.3) is 0 Å². The summed E-state index contributed by atoms with van der Waals surface area (Å²) in [5, 5.41) is 4.15. The lowest BCUT2D eigenvalue weighted by molar-refractivity contribution is 0.586. The van der Waals surface area contributed by atoms with Gasteiger partial charge in [-0.05, 0) is 0 Å². The third-order valence-electron chi connectivity index (χ3n) is 1.57. The molecule has 2 N–H and O–H groups in total. The van der Waals surface area contributed by atoms with Crippen molar-refractivity contribution in [2.24, 2.45) is 5.14 Å². The minimum atomic E-state index is -3.87. The van der Waals surface area contributed by atoms with E-state index in [-0.39, 0.29) is 5.02 Å². The molecule has 1 aromatic heterocycles. The van der Waals surface area contributed by atoms with E-state index >= 15 is 0 Å². The Morgan fingerprint density at radius 1 is 1.25 bits per heavy atom. The van der Waals surface area contributed by atoms with Crippen molar-refractivity contribution in [3.05, 3.63) is 17.5 Å². The average Bonchev–Trinajstić information content (AvgIpc) is 2.14. The molecule has 0 aliphatic rings. The van der Waals surface area contributed by atoms with Crippen molar-refractivity contribution in [3.8, 4) is 0 Å². The average molecular weight is 286 g/mol. The van der Waals surface area contributed by atoms with Gasteiger partial charge in [0.05, 0.1) is 22.7 Å². The Bertz CT molecular complexity index is 584. The summed E-state index contributed by atoms with van der Waals surface area (Å²) in [4.78, 5) is 7.00. The quantitative estimate of drug-likeness (QED) is 0.723. The number of rotatable bonds is 4. The molecule has 16 heavy (non-hydrogen) atoms. The first-order valence-electron chi connectivity index (χ1n) is 3.91. The van der Waals surface area contributed by atoms with E-state index in [2.05, 4.69) is 9.97 Å². The first kappa shape index (κ1) is 13.3. The molecule has 10 heteroatoms. The highest BCUT2D eigenvalue weighted by Crippen LogP contribution is 2.17.